The molecule has 2 rings (SSSR count). The van der Waals surface area contributed by atoms with Crippen molar-refractivity contribution in [3.63, 3.8) is 0 Å². The number of aryl methyl sites for hydroxylation is 1. The normalized spacial score (nSPS) is 10.7. The average Bonchev–Trinajstić information content (AvgIpc) is 2.73. The lowest BCUT2D eigenvalue weighted by molar-refractivity contribution is 0.296. The van der Waals surface area contributed by atoms with Gasteiger partial charge in [0, 0.05) is 19.1 Å². The topological polar surface area (TPSA) is 27.1 Å². The molecule has 2 aromatic rings. The molecule has 1 aromatic carbocycles. The lowest BCUT2D eigenvalue weighted by atomic mass is 10.2. The lowest BCUT2D eigenvalue weighted by Crippen LogP contribution is -1.99. The van der Waals surface area contributed by atoms with E-state index in [2.05, 4.69) is 37.0 Å². The van der Waals surface area contributed by atoms with E-state index in [1.165, 1.54) is 0 Å². The summed E-state index contributed by atoms with van der Waals surface area (Å²) >= 11 is 12.8. The summed E-state index contributed by atoms with van der Waals surface area (Å²) in [5.74, 6) is 1.23. The summed E-state index contributed by atoms with van der Waals surface area (Å²) in [6.45, 7) is 0.429. The van der Waals surface area contributed by atoms with E-state index in [1.807, 2.05) is 31.4 Å². The van der Waals surface area contributed by atoms with Crippen LogP contribution in [0, 0.1) is 0 Å². The van der Waals surface area contributed by atoms with Crippen LogP contribution in [0.4, 0.5) is 0 Å². The Labute approximate surface area is 127 Å². The zero-order valence-corrected chi connectivity index (χ0v) is 13.6. The van der Waals surface area contributed by atoms with Gasteiger partial charge in [0.15, 0.2) is 0 Å². The fourth-order valence-corrected chi connectivity index (χ4v) is 3.18. The molecule has 96 valence electrons. The van der Waals surface area contributed by atoms with Gasteiger partial charge in [-0.05, 0) is 55.6 Å². The second-order valence-corrected chi connectivity index (χ2v) is 5.77. The number of alkyl halides is 1. The standard InChI is InChI=1S/C12H11Br2ClN2O/c1-17-3-2-9(16-17)7-18-12-10(13)4-8(6-15)5-11(12)14/h2-5H,6-7H2,1H3. The smallest absolute Gasteiger partial charge is 0.148 e. The number of halogens is 3. The fraction of sp³-hybridized carbons (Fsp3) is 0.250. The first-order valence-corrected chi connectivity index (χ1v) is 7.37. The molecular formula is C12H11Br2ClN2O. The van der Waals surface area contributed by atoms with Crippen LogP contribution in [0.3, 0.4) is 0 Å². The van der Waals surface area contributed by atoms with Gasteiger partial charge < -0.3 is 4.74 Å². The molecule has 0 bridgehead atoms. The van der Waals surface area contributed by atoms with Gasteiger partial charge in [0.1, 0.15) is 12.4 Å². The van der Waals surface area contributed by atoms with Crippen molar-refractivity contribution in [1.29, 1.82) is 0 Å². The molecule has 0 fully saturated rings. The minimum atomic E-state index is 0.429. The SMILES string of the molecule is Cn1ccc(COc2c(Br)cc(CCl)cc2Br)n1. The molecule has 3 nitrogen and oxygen atoms in total. The molecule has 0 N–H and O–H groups in total. The molecule has 6 heteroatoms. The van der Waals surface area contributed by atoms with Crippen molar-refractivity contribution >= 4 is 43.5 Å². The van der Waals surface area contributed by atoms with E-state index in [4.69, 9.17) is 16.3 Å². The summed E-state index contributed by atoms with van der Waals surface area (Å²) < 4.78 is 9.26. The van der Waals surface area contributed by atoms with Crippen molar-refractivity contribution in [2.24, 2.45) is 7.05 Å². The molecule has 0 spiro atoms. The van der Waals surface area contributed by atoms with E-state index in [0.29, 0.717) is 12.5 Å². The van der Waals surface area contributed by atoms with E-state index in [1.54, 1.807) is 4.68 Å². The number of ether oxygens (including phenoxy) is 1. The Balaban J connectivity index is 2.14. The number of hydrogen-bond acceptors (Lipinski definition) is 2. The second kappa shape index (κ2) is 6.08. The van der Waals surface area contributed by atoms with Crippen molar-refractivity contribution in [3.8, 4) is 5.75 Å². The Morgan fingerprint density at radius 1 is 1.33 bits per heavy atom. The highest BCUT2D eigenvalue weighted by molar-refractivity contribution is 9.11. The maximum Gasteiger partial charge on any atom is 0.148 e. The van der Waals surface area contributed by atoms with Crippen molar-refractivity contribution in [3.05, 3.63) is 44.6 Å². The van der Waals surface area contributed by atoms with Crippen molar-refractivity contribution in [1.82, 2.24) is 9.78 Å². The number of rotatable bonds is 4. The predicted molar refractivity (Wildman–Crippen MR) is 78.9 cm³/mol. The third-order valence-corrected chi connectivity index (χ3v) is 3.83. The van der Waals surface area contributed by atoms with Crippen LogP contribution < -0.4 is 4.74 Å². The van der Waals surface area contributed by atoms with Crippen molar-refractivity contribution < 1.29 is 4.74 Å². The zero-order valence-electron chi connectivity index (χ0n) is 9.66. The maximum absolute atomic E-state index is 5.80. The molecule has 0 atom stereocenters. The Morgan fingerprint density at radius 2 is 2.00 bits per heavy atom. The molecule has 0 saturated carbocycles. The summed E-state index contributed by atoms with van der Waals surface area (Å²) in [5.41, 5.74) is 1.92. The summed E-state index contributed by atoms with van der Waals surface area (Å²) in [6, 6.07) is 5.83. The third kappa shape index (κ3) is 3.28. The van der Waals surface area contributed by atoms with Crippen LogP contribution in [0.15, 0.2) is 33.3 Å². The van der Waals surface area contributed by atoms with Crippen LogP contribution >= 0.6 is 43.5 Å². The average molecular weight is 394 g/mol. The van der Waals surface area contributed by atoms with Gasteiger partial charge in [0.25, 0.3) is 0 Å². The highest BCUT2D eigenvalue weighted by Crippen LogP contribution is 2.35. The van der Waals surface area contributed by atoms with E-state index in [-0.39, 0.29) is 0 Å². The Bertz CT molecular complexity index is 534. The van der Waals surface area contributed by atoms with Crippen molar-refractivity contribution in [2.45, 2.75) is 12.5 Å². The summed E-state index contributed by atoms with van der Waals surface area (Å²) in [6.07, 6.45) is 1.89. The molecule has 0 radical (unpaired) electrons. The molecule has 0 aliphatic rings. The first-order chi connectivity index (χ1) is 8.60. The summed E-state index contributed by atoms with van der Waals surface area (Å²) in [7, 11) is 1.88. The van der Waals surface area contributed by atoms with Gasteiger partial charge >= 0.3 is 0 Å². The second-order valence-electron chi connectivity index (χ2n) is 3.79. The molecular weight excluding hydrogens is 383 g/mol. The van der Waals surface area contributed by atoms with Gasteiger partial charge in [-0.25, -0.2) is 0 Å². The molecule has 18 heavy (non-hydrogen) atoms. The van der Waals surface area contributed by atoms with E-state index in [9.17, 15) is 0 Å². The molecule has 1 heterocycles. The van der Waals surface area contributed by atoms with E-state index < -0.39 is 0 Å². The maximum atomic E-state index is 5.80. The van der Waals surface area contributed by atoms with Crippen LogP contribution in [-0.2, 0) is 19.5 Å². The first-order valence-electron chi connectivity index (χ1n) is 5.25. The largest absolute Gasteiger partial charge is 0.485 e. The molecule has 0 unspecified atom stereocenters. The summed E-state index contributed by atoms with van der Waals surface area (Å²) in [4.78, 5) is 0. The van der Waals surface area contributed by atoms with Gasteiger partial charge in [-0.2, -0.15) is 5.10 Å². The highest BCUT2D eigenvalue weighted by Gasteiger charge is 2.09. The summed E-state index contributed by atoms with van der Waals surface area (Å²) in [5, 5.41) is 4.26. The molecule has 0 amide bonds. The van der Waals surface area contributed by atoms with Gasteiger partial charge in [-0.3, -0.25) is 4.68 Å². The van der Waals surface area contributed by atoms with Crippen LogP contribution in [0.5, 0.6) is 5.75 Å². The Morgan fingerprint density at radius 3 is 2.50 bits per heavy atom. The quantitative estimate of drug-likeness (QED) is 0.725. The highest BCUT2D eigenvalue weighted by atomic mass is 79.9. The number of nitrogens with zero attached hydrogens (tertiary/aromatic N) is 2. The number of hydrogen-bond donors (Lipinski definition) is 0. The molecule has 1 aromatic heterocycles. The minimum absolute atomic E-state index is 0.429. The Kier molecular flexibility index (Phi) is 4.70. The number of benzene rings is 1. The predicted octanol–water partition coefficient (Wildman–Crippen LogP) is 4.26. The van der Waals surface area contributed by atoms with Crippen molar-refractivity contribution in [2.75, 3.05) is 0 Å². The molecule has 0 aliphatic carbocycles. The van der Waals surface area contributed by atoms with Gasteiger partial charge in [-0.15, -0.1) is 11.6 Å². The fourth-order valence-electron chi connectivity index (χ4n) is 1.51. The van der Waals surface area contributed by atoms with Crippen LogP contribution in [0.1, 0.15) is 11.3 Å². The van der Waals surface area contributed by atoms with E-state index >= 15 is 0 Å². The molecule has 0 saturated heterocycles. The first kappa shape index (κ1) is 13.9. The monoisotopic (exact) mass is 392 g/mol. The number of aromatic nitrogens is 2. The van der Waals surface area contributed by atoms with Gasteiger partial charge in [0.2, 0.25) is 0 Å². The van der Waals surface area contributed by atoms with Gasteiger partial charge in [-0.1, -0.05) is 0 Å². The van der Waals surface area contributed by atoms with Crippen LogP contribution in [-0.4, -0.2) is 9.78 Å². The lowest BCUT2D eigenvalue weighted by Gasteiger charge is -2.10. The minimum Gasteiger partial charge on any atom is -0.485 e. The Hall–Kier alpha value is -0.520. The molecule has 0 aliphatic heterocycles. The van der Waals surface area contributed by atoms with Gasteiger partial charge in [0.05, 0.1) is 14.6 Å². The van der Waals surface area contributed by atoms with Crippen LogP contribution in [0.2, 0.25) is 0 Å². The third-order valence-electron chi connectivity index (χ3n) is 2.35. The zero-order chi connectivity index (χ0) is 13.1. The van der Waals surface area contributed by atoms with E-state index in [0.717, 1.165) is 26.0 Å². The van der Waals surface area contributed by atoms with Crippen LogP contribution in [0.25, 0.3) is 0 Å².